The summed E-state index contributed by atoms with van der Waals surface area (Å²) < 4.78 is 23.8. The predicted molar refractivity (Wildman–Crippen MR) is 71.6 cm³/mol. The first-order valence-electron chi connectivity index (χ1n) is 5.97. The van der Waals surface area contributed by atoms with Gasteiger partial charge in [-0.25, -0.2) is 4.39 Å². The summed E-state index contributed by atoms with van der Waals surface area (Å²) in [6.07, 6.45) is 0. The first kappa shape index (κ1) is 13.4. The molecule has 0 atom stereocenters. The van der Waals surface area contributed by atoms with Gasteiger partial charge in [0.1, 0.15) is 12.4 Å². The number of benzene rings is 2. The van der Waals surface area contributed by atoms with Gasteiger partial charge in [0.25, 0.3) is 0 Å². The van der Waals surface area contributed by atoms with Gasteiger partial charge in [-0.15, -0.1) is 0 Å². The molecule has 19 heavy (non-hydrogen) atoms. The second-order valence-electron chi connectivity index (χ2n) is 4.07. The quantitative estimate of drug-likeness (QED) is 0.900. The van der Waals surface area contributed by atoms with E-state index in [1.807, 2.05) is 18.2 Å². The van der Waals surface area contributed by atoms with Crippen LogP contribution in [0.15, 0.2) is 42.5 Å². The average molecular weight is 261 g/mol. The zero-order valence-electron chi connectivity index (χ0n) is 10.7. The fourth-order valence-electron chi connectivity index (χ4n) is 1.78. The molecule has 0 aromatic heterocycles. The molecule has 0 aliphatic heterocycles. The molecule has 0 unspecified atom stereocenters. The Morgan fingerprint density at radius 2 is 1.84 bits per heavy atom. The molecule has 2 N–H and O–H groups in total. The van der Waals surface area contributed by atoms with E-state index in [-0.39, 0.29) is 5.82 Å². The number of para-hydroxylation sites is 1. The maximum Gasteiger partial charge on any atom is 0.166 e. The fourth-order valence-corrected chi connectivity index (χ4v) is 1.78. The Balaban J connectivity index is 2.16. The molecule has 3 nitrogen and oxygen atoms in total. The van der Waals surface area contributed by atoms with Gasteiger partial charge in [-0.2, -0.15) is 0 Å². The zero-order chi connectivity index (χ0) is 13.7. The van der Waals surface area contributed by atoms with Gasteiger partial charge in [0.05, 0.1) is 7.11 Å². The number of halogens is 1. The van der Waals surface area contributed by atoms with Crippen LogP contribution in [0.25, 0.3) is 0 Å². The van der Waals surface area contributed by atoms with E-state index in [1.54, 1.807) is 19.2 Å². The molecule has 2 aromatic carbocycles. The number of ether oxygens (including phenoxy) is 2. The first-order valence-corrected chi connectivity index (χ1v) is 5.97. The smallest absolute Gasteiger partial charge is 0.166 e. The van der Waals surface area contributed by atoms with Crippen molar-refractivity contribution < 1.29 is 13.9 Å². The Hall–Kier alpha value is -2.07. The van der Waals surface area contributed by atoms with E-state index in [2.05, 4.69) is 0 Å². The molecular weight excluding hydrogens is 245 g/mol. The Labute approximate surface area is 111 Å². The average Bonchev–Trinajstić information content (AvgIpc) is 2.46. The van der Waals surface area contributed by atoms with Crippen LogP contribution in [0, 0.1) is 5.82 Å². The molecular formula is C15H16FNO2. The van der Waals surface area contributed by atoms with Crippen molar-refractivity contribution in [3.8, 4) is 11.5 Å². The topological polar surface area (TPSA) is 44.5 Å². The van der Waals surface area contributed by atoms with E-state index >= 15 is 0 Å². The summed E-state index contributed by atoms with van der Waals surface area (Å²) in [6.45, 7) is 0.712. The zero-order valence-corrected chi connectivity index (χ0v) is 10.7. The Morgan fingerprint density at radius 3 is 2.47 bits per heavy atom. The van der Waals surface area contributed by atoms with Crippen molar-refractivity contribution in [2.45, 2.75) is 13.2 Å². The summed E-state index contributed by atoms with van der Waals surface area (Å²) in [4.78, 5) is 0. The number of rotatable bonds is 5. The van der Waals surface area contributed by atoms with E-state index in [9.17, 15) is 4.39 Å². The maximum absolute atomic E-state index is 12.8. The minimum Gasteiger partial charge on any atom is -0.493 e. The minimum atomic E-state index is -0.260. The lowest BCUT2D eigenvalue weighted by molar-refractivity contribution is 0.281. The third-order valence-corrected chi connectivity index (χ3v) is 2.80. The van der Waals surface area contributed by atoms with E-state index in [1.165, 1.54) is 12.1 Å². The van der Waals surface area contributed by atoms with Crippen molar-refractivity contribution in [1.29, 1.82) is 0 Å². The highest BCUT2D eigenvalue weighted by molar-refractivity contribution is 5.46. The number of nitrogens with two attached hydrogens (primary N) is 1. The van der Waals surface area contributed by atoms with Crippen LogP contribution >= 0.6 is 0 Å². The van der Waals surface area contributed by atoms with Crippen molar-refractivity contribution in [2.24, 2.45) is 5.73 Å². The van der Waals surface area contributed by atoms with Gasteiger partial charge in [-0.3, -0.25) is 0 Å². The molecule has 0 aliphatic rings. The molecule has 2 rings (SSSR count). The molecule has 100 valence electrons. The van der Waals surface area contributed by atoms with E-state index in [4.69, 9.17) is 15.2 Å². The summed E-state index contributed by atoms with van der Waals surface area (Å²) in [7, 11) is 1.58. The van der Waals surface area contributed by atoms with E-state index < -0.39 is 0 Å². The highest BCUT2D eigenvalue weighted by Gasteiger charge is 2.09. The summed E-state index contributed by atoms with van der Waals surface area (Å²) in [5, 5.41) is 0. The Bertz CT molecular complexity index is 518. The fraction of sp³-hybridized carbons (Fsp3) is 0.200. The molecule has 0 spiro atoms. The van der Waals surface area contributed by atoms with Crippen LogP contribution < -0.4 is 15.2 Å². The lowest BCUT2D eigenvalue weighted by atomic mass is 10.2. The minimum absolute atomic E-state index is 0.260. The number of hydrogen-bond donors (Lipinski definition) is 1. The van der Waals surface area contributed by atoms with Crippen LogP contribution in [0.4, 0.5) is 4.39 Å². The standard InChI is InChI=1S/C15H16FNO2/c1-18-14-4-2-3-12(9-17)15(14)19-10-11-5-7-13(16)8-6-11/h2-8H,9-10,17H2,1H3. The van der Waals surface area contributed by atoms with Crippen LogP contribution in [-0.2, 0) is 13.2 Å². The second-order valence-corrected chi connectivity index (χ2v) is 4.07. The lowest BCUT2D eigenvalue weighted by Gasteiger charge is -2.14. The third kappa shape index (κ3) is 3.23. The highest BCUT2D eigenvalue weighted by atomic mass is 19.1. The van der Waals surface area contributed by atoms with Gasteiger partial charge in [0.2, 0.25) is 0 Å². The molecule has 0 bridgehead atoms. The molecule has 0 fully saturated rings. The first-order chi connectivity index (χ1) is 9.24. The monoisotopic (exact) mass is 261 g/mol. The molecule has 0 heterocycles. The van der Waals surface area contributed by atoms with Crippen molar-refractivity contribution in [3.63, 3.8) is 0 Å². The van der Waals surface area contributed by atoms with Crippen molar-refractivity contribution in [1.82, 2.24) is 0 Å². The Morgan fingerprint density at radius 1 is 1.11 bits per heavy atom. The van der Waals surface area contributed by atoms with Crippen molar-refractivity contribution in [3.05, 3.63) is 59.4 Å². The number of methoxy groups -OCH3 is 1. The molecule has 0 radical (unpaired) electrons. The van der Waals surface area contributed by atoms with Gasteiger partial charge in [0, 0.05) is 12.1 Å². The van der Waals surface area contributed by atoms with E-state index in [0.29, 0.717) is 24.7 Å². The highest BCUT2D eigenvalue weighted by Crippen LogP contribution is 2.31. The van der Waals surface area contributed by atoms with Crippen LogP contribution in [0.5, 0.6) is 11.5 Å². The normalized spacial score (nSPS) is 10.3. The molecule has 0 amide bonds. The maximum atomic E-state index is 12.8. The second kappa shape index (κ2) is 6.20. The predicted octanol–water partition coefficient (Wildman–Crippen LogP) is 2.87. The Kier molecular flexibility index (Phi) is 4.36. The number of hydrogen-bond acceptors (Lipinski definition) is 3. The van der Waals surface area contributed by atoms with Crippen LogP contribution in [-0.4, -0.2) is 7.11 Å². The lowest BCUT2D eigenvalue weighted by Crippen LogP contribution is -2.04. The molecule has 0 saturated heterocycles. The molecule has 4 heteroatoms. The van der Waals surface area contributed by atoms with E-state index in [0.717, 1.165) is 11.1 Å². The van der Waals surface area contributed by atoms with Gasteiger partial charge in [0.15, 0.2) is 11.5 Å². The third-order valence-electron chi connectivity index (χ3n) is 2.80. The van der Waals surface area contributed by atoms with Gasteiger partial charge >= 0.3 is 0 Å². The van der Waals surface area contributed by atoms with Gasteiger partial charge in [-0.05, 0) is 23.8 Å². The summed E-state index contributed by atoms with van der Waals surface area (Å²) in [5.41, 5.74) is 7.44. The molecule has 0 saturated carbocycles. The largest absolute Gasteiger partial charge is 0.493 e. The van der Waals surface area contributed by atoms with Crippen LogP contribution in [0.1, 0.15) is 11.1 Å². The van der Waals surface area contributed by atoms with Crippen molar-refractivity contribution in [2.75, 3.05) is 7.11 Å². The van der Waals surface area contributed by atoms with Gasteiger partial charge < -0.3 is 15.2 Å². The van der Waals surface area contributed by atoms with Gasteiger partial charge in [-0.1, -0.05) is 24.3 Å². The molecule has 2 aromatic rings. The summed E-state index contributed by atoms with van der Waals surface area (Å²) >= 11 is 0. The summed E-state index contributed by atoms with van der Waals surface area (Å²) in [5.74, 6) is 1.02. The van der Waals surface area contributed by atoms with Crippen molar-refractivity contribution >= 4 is 0 Å². The summed E-state index contributed by atoms with van der Waals surface area (Å²) in [6, 6.07) is 11.8. The van der Waals surface area contributed by atoms with Crippen LogP contribution in [0.2, 0.25) is 0 Å². The molecule has 0 aliphatic carbocycles. The van der Waals surface area contributed by atoms with Crippen LogP contribution in [0.3, 0.4) is 0 Å². The SMILES string of the molecule is COc1cccc(CN)c1OCc1ccc(F)cc1.